The number of carbonyl (C=O) groups excluding carboxylic acids is 2. The minimum Gasteiger partial charge on any atom is -0.457 e. The van der Waals surface area contributed by atoms with Crippen LogP contribution in [0.5, 0.6) is 0 Å². The fourth-order valence-corrected chi connectivity index (χ4v) is 5.71. The molecule has 238 valence electrons. The predicted molar refractivity (Wildman–Crippen MR) is 181 cm³/mol. The Hall–Kier alpha value is -3.40. The van der Waals surface area contributed by atoms with Crippen molar-refractivity contribution in [3.63, 3.8) is 0 Å². The molecule has 3 rings (SSSR count). The van der Waals surface area contributed by atoms with Gasteiger partial charge in [0, 0.05) is 0 Å². The van der Waals surface area contributed by atoms with Crippen LogP contribution >= 0.6 is 0 Å². The van der Waals surface area contributed by atoms with Gasteiger partial charge in [0.05, 0.1) is 11.1 Å². The highest BCUT2D eigenvalue weighted by atomic mass is 16.5. The fraction of sp³-hybridized carbons (Fsp3) is 0.500. The van der Waals surface area contributed by atoms with Crippen LogP contribution in [0.2, 0.25) is 0 Å². The molecule has 0 atom stereocenters. The molecule has 0 saturated heterocycles. The van der Waals surface area contributed by atoms with Crippen LogP contribution in [0.1, 0.15) is 147 Å². The van der Waals surface area contributed by atoms with Crippen LogP contribution in [0.3, 0.4) is 0 Å². The first-order valence-electron chi connectivity index (χ1n) is 17.2. The van der Waals surface area contributed by atoms with Crippen molar-refractivity contribution < 1.29 is 19.1 Å². The maximum atomic E-state index is 13.2. The van der Waals surface area contributed by atoms with Crippen LogP contribution < -0.4 is 0 Å². The van der Waals surface area contributed by atoms with Gasteiger partial charge >= 0.3 is 11.9 Å². The molecule has 0 N–H and O–H groups in total. The second-order valence-electron chi connectivity index (χ2n) is 12.0. The minimum atomic E-state index is -0.511. The molecule has 0 aliphatic carbocycles. The summed E-state index contributed by atoms with van der Waals surface area (Å²) in [5.74, 6) is -1.02. The third-order valence-corrected chi connectivity index (χ3v) is 8.42. The van der Waals surface area contributed by atoms with E-state index in [1.165, 1.54) is 88.2 Å². The lowest BCUT2D eigenvalue weighted by Crippen LogP contribution is -2.14. The topological polar surface area (TPSA) is 52.6 Å². The quantitative estimate of drug-likeness (QED) is 0.0853. The van der Waals surface area contributed by atoms with Crippen LogP contribution in [-0.4, -0.2) is 11.9 Å². The summed E-state index contributed by atoms with van der Waals surface area (Å²) in [6.07, 6.45) is 19.6. The van der Waals surface area contributed by atoms with Gasteiger partial charge in [0.25, 0.3) is 0 Å². The largest absolute Gasteiger partial charge is 0.457 e. The van der Waals surface area contributed by atoms with Gasteiger partial charge in [-0.25, -0.2) is 9.59 Å². The van der Waals surface area contributed by atoms with Crippen molar-refractivity contribution in [2.75, 3.05) is 0 Å². The van der Waals surface area contributed by atoms with Gasteiger partial charge in [-0.1, -0.05) is 152 Å². The molecule has 0 spiro atoms. The molecular weight excluding hydrogens is 544 g/mol. The van der Waals surface area contributed by atoms with E-state index in [4.69, 9.17) is 9.47 Å². The highest BCUT2D eigenvalue weighted by Crippen LogP contribution is 2.20. The molecule has 4 heteroatoms. The number of benzene rings is 3. The van der Waals surface area contributed by atoms with Gasteiger partial charge in [-0.05, 0) is 60.1 Å². The molecular formula is C40H54O4. The number of ether oxygens (including phenoxy) is 2. The Balaban J connectivity index is 1.51. The molecule has 0 aromatic heterocycles. The summed E-state index contributed by atoms with van der Waals surface area (Å²) in [7, 11) is 0. The third-order valence-electron chi connectivity index (χ3n) is 8.42. The van der Waals surface area contributed by atoms with E-state index in [0.717, 1.165) is 36.8 Å². The average molecular weight is 599 g/mol. The maximum Gasteiger partial charge on any atom is 0.339 e. The fourth-order valence-electron chi connectivity index (χ4n) is 5.71. The summed E-state index contributed by atoms with van der Waals surface area (Å²) in [6.45, 7) is 4.85. The summed E-state index contributed by atoms with van der Waals surface area (Å²) in [4.78, 5) is 26.3. The molecule has 44 heavy (non-hydrogen) atoms. The molecule has 0 fully saturated rings. The Morgan fingerprint density at radius 3 is 1.14 bits per heavy atom. The second kappa shape index (κ2) is 21.3. The zero-order valence-corrected chi connectivity index (χ0v) is 27.3. The Kier molecular flexibility index (Phi) is 17.0. The van der Waals surface area contributed by atoms with E-state index in [9.17, 15) is 9.59 Å². The van der Waals surface area contributed by atoms with Gasteiger partial charge in [-0.3, -0.25) is 0 Å². The van der Waals surface area contributed by atoms with Crippen LogP contribution in [0.4, 0.5) is 0 Å². The predicted octanol–water partition coefficient (Wildman–Crippen LogP) is 11.0. The number of carbonyl (C=O) groups is 2. The number of unbranched alkanes of at least 4 members (excludes halogenated alkanes) is 12. The SMILES string of the molecule is CCCCCCCCCc1ccccc1COC(=O)c1ccccc1C(=O)OCc1ccccc1CCCCCCCCC. The molecule has 0 heterocycles. The van der Waals surface area contributed by atoms with Crippen molar-refractivity contribution in [2.24, 2.45) is 0 Å². The van der Waals surface area contributed by atoms with Crippen LogP contribution in [0, 0.1) is 0 Å². The molecule has 0 saturated carbocycles. The highest BCUT2D eigenvalue weighted by Gasteiger charge is 2.20. The van der Waals surface area contributed by atoms with Crippen molar-refractivity contribution in [3.8, 4) is 0 Å². The first kappa shape index (κ1) is 35.1. The molecule has 3 aromatic carbocycles. The molecule has 4 nitrogen and oxygen atoms in total. The van der Waals surface area contributed by atoms with E-state index in [1.54, 1.807) is 24.3 Å². The van der Waals surface area contributed by atoms with Crippen LogP contribution in [-0.2, 0) is 35.5 Å². The monoisotopic (exact) mass is 598 g/mol. The molecule has 0 radical (unpaired) electrons. The van der Waals surface area contributed by atoms with Gasteiger partial charge in [0.1, 0.15) is 13.2 Å². The van der Waals surface area contributed by atoms with Gasteiger partial charge in [-0.15, -0.1) is 0 Å². The number of esters is 2. The van der Waals surface area contributed by atoms with E-state index < -0.39 is 11.9 Å². The number of aryl methyl sites for hydroxylation is 2. The third kappa shape index (κ3) is 12.7. The van der Waals surface area contributed by atoms with E-state index >= 15 is 0 Å². The second-order valence-corrected chi connectivity index (χ2v) is 12.0. The molecule has 0 aliphatic heterocycles. The maximum absolute atomic E-state index is 13.2. The van der Waals surface area contributed by atoms with Gasteiger partial charge in [0.15, 0.2) is 0 Å². The van der Waals surface area contributed by atoms with E-state index in [2.05, 4.69) is 26.0 Å². The van der Waals surface area contributed by atoms with E-state index in [-0.39, 0.29) is 24.3 Å². The summed E-state index contributed by atoms with van der Waals surface area (Å²) in [5, 5.41) is 0. The first-order chi connectivity index (χ1) is 21.6. The Morgan fingerprint density at radius 1 is 0.432 bits per heavy atom. The summed E-state index contributed by atoms with van der Waals surface area (Å²) < 4.78 is 11.5. The molecule has 0 aliphatic rings. The zero-order chi connectivity index (χ0) is 31.2. The normalized spacial score (nSPS) is 11.0. The molecule has 3 aromatic rings. The van der Waals surface area contributed by atoms with Crippen molar-refractivity contribution in [1.82, 2.24) is 0 Å². The van der Waals surface area contributed by atoms with Crippen LogP contribution in [0.15, 0.2) is 72.8 Å². The van der Waals surface area contributed by atoms with E-state index in [1.807, 2.05) is 36.4 Å². The first-order valence-corrected chi connectivity index (χ1v) is 17.2. The lowest BCUT2D eigenvalue weighted by molar-refractivity contribution is 0.0424. The Bertz CT molecular complexity index is 1150. The number of hydrogen-bond donors (Lipinski definition) is 0. The molecule has 0 bridgehead atoms. The van der Waals surface area contributed by atoms with Gasteiger partial charge in [-0.2, -0.15) is 0 Å². The number of hydrogen-bond acceptors (Lipinski definition) is 4. The lowest BCUT2D eigenvalue weighted by Gasteiger charge is -2.13. The van der Waals surface area contributed by atoms with E-state index in [0.29, 0.717) is 0 Å². The molecule has 0 unspecified atom stereocenters. The van der Waals surface area contributed by atoms with Gasteiger partial charge < -0.3 is 9.47 Å². The van der Waals surface area contributed by atoms with Crippen molar-refractivity contribution >= 4 is 11.9 Å². The lowest BCUT2D eigenvalue weighted by atomic mass is 10.0. The smallest absolute Gasteiger partial charge is 0.339 e. The zero-order valence-electron chi connectivity index (χ0n) is 27.3. The summed E-state index contributed by atoms with van der Waals surface area (Å²) in [6, 6.07) is 23.1. The Morgan fingerprint density at radius 2 is 0.750 bits per heavy atom. The summed E-state index contributed by atoms with van der Waals surface area (Å²) in [5.41, 5.74) is 4.94. The van der Waals surface area contributed by atoms with Crippen molar-refractivity contribution in [1.29, 1.82) is 0 Å². The summed E-state index contributed by atoms with van der Waals surface area (Å²) >= 11 is 0. The average Bonchev–Trinajstić information content (AvgIpc) is 3.06. The molecule has 0 amide bonds. The van der Waals surface area contributed by atoms with Crippen molar-refractivity contribution in [2.45, 2.75) is 130 Å². The highest BCUT2D eigenvalue weighted by molar-refractivity contribution is 6.03. The van der Waals surface area contributed by atoms with Crippen LogP contribution in [0.25, 0.3) is 0 Å². The standard InChI is InChI=1S/C40H54O4/c1-3-5-7-9-11-13-15-23-33-25-17-19-27-35(33)31-43-39(41)37-29-21-22-30-38(37)40(42)44-32-36-28-20-18-26-34(36)24-16-14-12-10-8-6-4-2/h17-22,25-30H,3-16,23-24,31-32H2,1-2H3. The Labute approximate surface area is 266 Å². The number of rotatable bonds is 22. The van der Waals surface area contributed by atoms with Gasteiger partial charge in [0.2, 0.25) is 0 Å². The minimum absolute atomic E-state index is 0.181. The van der Waals surface area contributed by atoms with Crippen molar-refractivity contribution in [3.05, 3.63) is 106 Å².